The van der Waals surface area contributed by atoms with Gasteiger partial charge in [0.2, 0.25) is 11.8 Å². The Morgan fingerprint density at radius 2 is 1.59 bits per heavy atom. The summed E-state index contributed by atoms with van der Waals surface area (Å²) in [5.41, 5.74) is 2.45. The summed E-state index contributed by atoms with van der Waals surface area (Å²) in [4.78, 5) is 69.7. The summed E-state index contributed by atoms with van der Waals surface area (Å²) < 4.78 is 53.4. The Morgan fingerprint density at radius 3 is 2.19 bits per heavy atom. The number of piperidine rings is 1. The van der Waals surface area contributed by atoms with Crippen LogP contribution in [-0.4, -0.2) is 87.2 Å². The van der Waals surface area contributed by atoms with E-state index in [0.717, 1.165) is 44.4 Å². The van der Waals surface area contributed by atoms with Gasteiger partial charge in [-0.25, -0.2) is 9.97 Å². The molecule has 8 rings (SSSR count). The van der Waals surface area contributed by atoms with Crippen LogP contribution in [0.2, 0.25) is 0 Å². The van der Waals surface area contributed by atoms with Crippen molar-refractivity contribution in [3.63, 3.8) is 0 Å². The molecule has 20 heteroatoms. The molecule has 3 aliphatic rings. The summed E-state index contributed by atoms with van der Waals surface area (Å²) in [6.45, 7) is 13.6. The van der Waals surface area contributed by atoms with Crippen LogP contribution in [0.15, 0.2) is 90.6 Å². The third-order valence-electron chi connectivity index (χ3n) is 14.1. The van der Waals surface area contributed by atoms with E-state index in [-0.39, 0.29) is 47.5 Å². The van der Waals surface area contributed by atoms with Gasteiger partial charge in [0, 0.05) is 49.3 Å². The Morgan fingerprint density at radius 1 is 0.933 bits per heavy atom. The second-order valence-electron chi connectivity index (χ2n) is 20.8. The number of halogens is 3. The number of amides is 3. The van der Waals surface area contributed by atoms with Gasteiger partial charge in [0.05, 0.1) is 69.3 Å². The number of thiazole rings is 1. The SMILES string of the molecule is Cc1ncsc1-c1ccc([C@H](C)NC(=O)C2C[C@@H](O)CC2C(=O)[C@@H](NC(=O)COc2ccc(OC3CCN(c4ccc(N5C(=S)N(c6ccc(C#N)c(C(F)(F)F)c6)C(=O)C5(C)C)cc4)CC3)nc2)C(C)(C)C)cc1. The summed E-state index contributed by atoms with van der Waals surface area (Å²) >= 11 is 7.26. The predicted octanol–water partition coefficient (Wildman–Crippen LogP) is 9.11. The number of aliphatic hydroxyl groups is 1. The van der Waals surface area contributed by atoms with Gasteiger partial charge < -0.3 is 35.0 Å². The maximum absolute atomic E-state index is 14.2. The van der Waals surface area contributed by atoms with Crippen LogP contribution in [0.1, 0.15) is 95.7 Å². The van der Waals surface area contributed by atoms with Crippen molar-refractivity contribution in [1.29, 1.82) is 5.26 Å². The van der Waals surface area contributed by atoms with Gasteiger partial charge in [-0.2, -0.15) is 18.4 Å². The average molecular weight is 1070 g/mol. The number of anilines is 3. The number of ketones is 1. The van der Waals surface area contributed by atoms with E-state index in [1.165, 1.54) is 12.3 Å². The number of aliphatic hydroxyl groups excluding tert-OH is 1. The van der Waals surface area contributed by atoms with Crippen LogP contribution < -0.4 is 34.8 Å². The molecule has 1 saturated carbocycles. The fourth-order valence-electron chi connectivity index (χ4n) is 10.00. The molecule has 0 bridgehead atoms. The molecule has 2 saturated heterocycles. The Bertz CT molecular complexity index is 2980. The normalized spacial score (nSPS) is 19.9. The number of nitrogens with one attached hydrogen (secondary N) is 2. The Labute approximate surface area is 443 Å². The van der Waals surface area contributed by atoms with Gasteiger partial charge in [-0.1, -0.05) is 45.0 Å². The standard InChI is InChI=1S/C55H59F3N8O7S2/c1-31(33-8-10-34(11-9-33)48-32(2)61-30-75-48)62-50(70)43-26-39(67)25-42(43)47(69)49(53(3,4)5)63-45(68)29-72-41-18-19-46(60-28-41)73-40-20-22-64(23-21-40)36-14-16-37(17-15-36)66-52(74)65(51(71)54(66,6)7)38-13-12-35(27-59)44(24-38)55(56,57)58/h8-19,24,28,30-31,39-40,42-43,49,67H,20-23,25-26,29H2,1-7H3,(H,62,70)(H,63,68)/t31-,39-,42?,43?,49+/m0/s1. The number of nitriles is 1. The fourth-order valence-corrected chi connectivity index (χ4v) is 11.3. The maximum Gasteiger partial charge on any atom is 0.417 e. The Balaban J connectivity index is 0.806. The molecule has 2 aliphatic heterocycles. The van der Waals surface area contributed by atoms with Crippen LogP contribution in [-0.2, 0) is 25.4 Å². The number of alkyl halides is 3. The number of carbonyl (C=O) groups excluding carboxylic acids is 4. The van der Waals surface area contributed by atoms with Crippen LogP contribution in [0, 0.1) is 35.5 Å². The first-order chi connectivity index (χ1) is 35.4. The van der Waals surface area contributed by atoms with E-state index >= 15 is 0 Å². The number of thiocarbonyl (C=S) groups is 1. The lowest BCUT2D eigenvalue weighted by molar-refractivity contribution is -0.138. The number of ether oxygens (including phenoxy) is 2. The molecule has 0 spiro atoms. The van der Waals surface area contributed by atoms with Gasteiger partial charge >= 0.3 is 6.18 Å². The smallest absolute Gasteiger partial charge is 0.417 e. The topological polar surface area (TPSA) is 190 Å². The first-order valence-electron chi connectivity index (χ1n) is 24.7. The van der Waals surface area contributed by atoms with Crippen LogP contribution in [0.3, 0.4) is 0 Å². The van der Waals surface area contributed by atoms with Gasteiger partial charge in [0.25, 0.3) is 11.8 Å². The summed E-state index contributed by atoms with van der Waals surface area (Å²) in [5, 5.41) is 25.9. The molecule has 3 aromatic carbocycles. The highest BCUT2D eigenvalue weighted by molar-refractivity contribution is 7.81. The first-order valence-corrected chi connectivity index (χ1v) is 26.0. The van der Waals surface area contributed by atoms with Crippen molar-refractivity contribution in [1.82, 2.24) is 20.6 Å². The molecule has 75 heavy (non-hydrogen) atoms. The van der Waals surface area contributed by atoms with Crippen molar-refractivity contribution in [3.8, 4) is 28.1 Å². The van der Waals surface area contributed by atoms with Crippen molar-refractivity contribution in [3.05, 3.63) is 113 Å². The minimum absolute atomic E-state index is 0.0116. The van der Waals surface area contributed by atoms with E-state index < -0.39 is 70.7 Å². The quantitative estimate of drug-likeness (QED) is 0.0843. The highest BCUT2D eigenvalue weighted by atomic mass is 32.1. The molecule has 394 valence electrons. The monoisotopic (exact) mass is 1060 g/mol. The number of rotatable bonds is 15. The van der Waals surface area contributed by atoms with Crippen LogP contribution in [0.5, 0.6) is 11.6 Å². The lowest BCUT2D eigenvalue weighted by Crippen LogP contribution is -2.53. The van der Waals surface area contributed by atoms with E-state index in [0.29, 0.717) is 43.2 Å². The van der Waals surface area contributed by atoms with Gasteiger partial charge in [-0.15, -0.1) is 11.3 Å². The van der Waals surface area contributed by atoms with Gasteiger partial charge in [-0.05, 0) is 118 Å². The molecule has 4 heterocycles. The van der Waals surface area contributed by atoms with Gasteiger partial charge in [-0.3, -0.25) is 24.1 Å². The molecule has 0 radical (unpaired) electrons. The maximum atomic E-state index is 14.2. The molecular formula is C55H59F3N8O7S2. The molecule has 5 aromatic rings. The summed E-state index contributed by atoms with van der Waals surface area (Å²) in [6.07, 6.45) is -2.74. The van der Waals surface area contributed by atoms with E-state index in [1.807, 2.05) is 83.1 Å². The summed E-state index contributed by atoms with van der Waals surface area (Å²) in [5.74, 6) is -2.60. The van der Waals surface area contributed by atoms with Crippen molar-refractivity contribution in [2.45, 2.75) is 110 Å². The zero-order valence-corrected chi connectivity index (χ0v) is 44.2. The molecule has 3 amide bonds. The zero-order valence-electron chi connectivity index (χ0n) is 42.6. The predicted molar refractivity (Wildman–Crippen MR) is 282 cm³/mol. The van der Waals surface area contributed by atoms with E-state index in [9.17, 15) is 42.7 Å². The molecule has 2 aromatic heterocycles. The van der Waals surface area contributed by atoms with E-state index in [4.69, 9.17) is 21.7 Å². The van der Waals surface area contributed by atoms with Gasteiger partial charge in [0.1, 0.15) is 17.4 Å². The van der Waals surface area contributed by atoms with Crippen LogP contribution in [0.4, 0.5) is 30.2 Å². The third kappa shape index (κ3) is 11.8. The number of benzene rings is 3. The first kappa shape index (κ1) is 54.3. The number of pyridine rings is 1. The number of hydrogen-bond acceptors (Lipinski definition) is 13. The lowest BCUT2D eigenvalue weighted by Gasteiger charge is -2.34. The third-order valence-corrected chi connectivity index (χ3v) is 15.5. The average Bonchev–Trinajstić information content (AvgIpc) is 4.04. The second-order valence-corrected chi connectivity index (χ2v) is 22.0. The van der Waals surface area contributed by atoms with Crippen molar-refractivity contribution < 1.29 is 46.9 Å². The van der Waals surface area contributed by atoms with Crippen molar-refractivity contribution >= 4 is 69.2 Å². The van der Waals surface area contributed by atoms with E-state index in [1.54, 1.807) is 53.8 Å². The Kier molecular flexibility index (Phi) is 15.7. The van der Waals surface area contributed by atoms with Crippen LogP contribution in [0.25, 0.3) is 10.4 Å². The molecular weight excluding hydrogens is 1010 g/mol. The zero-order chi connectivity index (χ0) is 54.1. The minimum Gasteiger partial charge on any atom is -0.482 e. The minimum atomic E-state index is -4.81. The number of aryl methyl sites for hydroxylation is 1. The number of carbonyl (C=O) groups is 4. The molecule has 3 fully saturated rings. The number of nitrogens with zero attached hydrogens (tertiary/aromatic N) is 6. The molecule has 5 atom stereocenters. The van der Waals surface area contributed by atoms with Crippen molar-refractivity contribution in [2.75, 3.05) is 34.4 Å². The van der Waals surface area contributed by atoms with E-state index in [2.05, 4.69) is 25.5 Å². The summed E-state index contributed by atoms with van der Waals surface area (Å²) in [7, 11) is 0. The largest absolute Gasteiger partial charge is 0.482 e. The van der Waals surface area contributed by atoms with Crippen molar-refractivity contribution in [2.24, 2.45) is 17.3 Å². The summed E-state index contributed by atoms with van der Waals surface area (Å²) in [6, 6.07) is 22.0. The fraction of sp³-hybridized carbons (Fsp3) is 0.418. The highest BCUT2D eigenvalue weighted by Gasteiger charge is 2.51. The molecule has 2 unspecified atom stereocenters. The Hall–Kier alpha value is -6.95. The molecule has 15 nitrogen and oxygen atoms in total. The number of hydrogen-bond donors (Lipinski definition) is 3. The number of aromatic nitrogens is 2. The lowest BCUT2D eigenvalue weighted by atomic mass is 9.77. The van der Waals surface area contributed by atoms with Crippen LogP contribution >= 0.6 is 23.6 Å². The number of Topliss-reactive ketones (excluding diaryl/α,β-unsaturated/α-hetero) is 1. The molecule has 3 N–H and O–H groups in total. The molecule has 1 aliphatic carbocycles. The second kappa shape index (κ2) is 21.7. The highest BCUT2D eigenvalue weighted by Crippen LogP contribution is 2.41. The van der Waals surface area contributed by atoms with Gasteiger partial charge in [0.15, 0.2) is 17.5 Å².